The van der Waals surface area contributed by atoms with E-state index >= 15 is 0 Å². The number of hydrogen-bond acceptors (Lipinski definition) is 2. The number of aromatic nitrogens is 1. The molecule has 4 nitrogen and oxygen atoms in total. The molecule has 0 saturated carbocycles. The van der Waals surface area contributed by atoms with E-state index in [1.54, 1.807) is 12.1 Å². The van der Waals surface area contributed by atoms with Crippen LogP contribution in [0.4, 0.5) is 0 Å². The van der Waals surface area contributed by atoms with Crippen LogP contribution in [0.5, 0.6) is 0 Å². The molecule has 3 N–H and O–H groups in total. The van der Waals surface area contributed by atoms with Crippen molar-refractivity contribution in [1.29, 1.82) is 0 Å². The molecule has 3 aromatic rings. The lowest BCUT2D eigenvalue weighted by atomic mass is 9.98. The zero-order valence-corrected chi connectivity index (χ0v) is 13.8. The van der Waals surface area contributed by atoms with Gasteiger partial charge in [-0.3, -0.25) is 0 Å². The summed E-state index contributed by atoms with van der Waals surface area (Å²) in [5.74, 6) is 0. The predicted octanol–water partition coefficient (Wildman–Crippen LogP) is 3.61. The SMILES string of the molecule is Cc1ccc(-c2[nH]cc(C)c2-c2ccc(S(N)(=O)=O)cc2)cc1. The lowest BCUT2D eigenvalue weighted by molar-refractivity contribution is 0.598. The molecule has 0 bridgehead atoms. The fraction of sp³-hybridized carbons (Fsp3) is 0.111. The van der Waals surface area contributed by atoms with Crippen molar-refractivity contribution in [3.05, 3.63) is 65.9 Å². The van der Waals surface area contributed by atoms with E-state index in [9.17, 15) is 8.42 Å². The molecule has 0 radical (unpaired) electrons. The molecule has 0 aliphatic carbocycles. The largest absolute Gasteiger partial charge is 0.360 e. The summed E-state index contributed by atoms with van der Waals surface area (Å²) in [5.41, 5.74) is 6.43. The van der Waals surface area contributed by atoms with E-state index in [1.165, 1.54) is 17.7 Å². The van der Waals surface area contributed by atoms with Gasteiger partial charge in [-0.1, -0.05) is 42.0 Å². The molecule has 0 fully saturated rings. The molecule has 3 rings (SSSR count). The number of H-pyrrole nitrogens is 1. The van der Waals surface area contributed by atoms with Crippen molar-refractivity contribution in [2.75, 3.05) is 0 Å². The molecule has 1 heterocycles. The predicted molar refractivity (Wildman–Crippen MR) is 92.5 cm³/mol. The van der Waals surface area contributed by atoms with Crippen molar-refractivity contribution >= 4 is 10.0 Å². The van der Waals surface area contributed by atoms with Crippen molar-refractivity contribution in [3.63, 3.8) is 0 Å². The standard InChI is InChI=1S/C18H18N2O2S/c1-12-3-5-15(6-4-12)18-17(13(2)11-20-18)14-7-9-16(10-8-14)23(19,21)22/h3-11,20H,1-2H3,(H2,19,21,22). The topological polar surface area (TPSA) is 76.0 Å². The van der Waals surface area contributed by atoms with Crippen LogP contribution >= 0.6 is 0 Å². The molecule has 0 saturated heterocycles. The Morgan fingerprint density at radius 1 is 0.870 bits per heavy atom. The van der Waals surface area contributed by atoms with Crippen LogP contribution in [0.3, 0.4) is 0 Å². The van der Waals surface area contributed by atoms with Gasteiger partial charge in [0, 0.05) is 11.8 Å². The third kappa shape index (κ3) is 3.06. The van der Waals surface area contributed by atoms with Gasteiger partial charge in [0.25, 0.3) is 0 Å². The van der Waals surface area contributed by atoms with Gasteiger partial charge < -0.3 is 4.98 Å². The van der Waals surface area contributed by atoms with Gasteiger partial charge in [-0.2, -0.15) is 0 Å². The number of aromatic amines is 1. The van der Waals surface area contributed by atoms with Crippen LogP contribution in [-0.4, -0.2) is 13.4 Å². The van der Waals surface area contributed by atoms with E-state index in [0.717, 1.165) is 27.9 Å². The Hall–Kier alpha value is -2.37. The van der Waals surface area contributed by atoms with Crippen molar-refractivity contribution in [2.24, 2.45) is 5.14 Å². The molecule has 23 heavy (non-hydrogen) atoms. The Kier molecular flexibility index (Phi) is 3.83. The summed E-state index contributed by atoms with van der Waals surface area (Å²) in [4.78, 5) is 3.43. The van der Waals surface area contributed by atoms with E-state index in [0.29, 0.717) is 0 Å². The van der Waals surface area contributed by atoms with Crippen LogP contribution in [0.25, 0.3) is 22.4 Å². The summed E-state index contributed by atoms with van der Waals surface area (Å²) in [6.07, 6.45) is 1.96. The summed E-state index contributed by atoms with van der Waals surface area (Å²) < 4.78 is 22.8. The molecular weight excluding hydrogens is 308 g/mol. The third-order valence-electron chi connectivity index (χ3n) is 3.89. The fourth-order valence-corrected chi connectivity index (χ4v) is 3.17. The number of rotatable bonds is 3. The van der Waals surface area contributed by atoms with Crippen LogP contribution in [0.15, 0.2) is 59.6 Å². The average Bonchev–Trinajstić information content (AvgIpc) is 2.89. The smallest absolute Gasteiger partial charge is 0.238 e. The Balaban J connectivity index is 2.10. The maximum atomic E-state index is 11.4. The van der Waals surface area contributed by atoms with Gasteiger partial charge in [0.2, 0.25) is 10.0 Å². The van der Waals surface area contributed by atoms with Crippen molar-refractivity contribution in [1.82, 2.24) is 4.98 Å². The molecule has 1 aromatic heterocycles. The first-order valence-electron chi connectivity index (χ1n) is 7.24. The Morgan fingerprint density at radius 3 is 2.00 bits per heavy atom. The first-order chi connectivity index (χ1) is 10.9. The van der Waals surface area contributed by atoms with Gasteiger partial charge in [-0.15, -0.1) is 0 Å². The van der Waals surface area contributed by atoms with Gasteiger partial charge >= 0.3 is 0 Å². The monoisotopic (exact) mass is 326 g/mol. The summed E-state index contributed by atoms with van der Waals surface area (Å²) in [5, 5.41) is 5.16. The lowest BCUT2D eigenvalue weighted by Crippen LogP contribution is -2.11. The number of nitrogens with two attached hydrogens (primary N) is 1. The molecule has 0 unspecified atom stereocenters. The molecule has 2 aromatic carbocycles. The summed E-state index contributed by atoms with van der Waals surface area (Å²) in [7, 11) is -3.67. The van der Waals surface area contributed by atoms with E-state index in [4.69, 9.17) is 5.14 Å². The maximum absolute atomic E-state index is 11.4. The maximum Gasteiger partial charge on any atom is 0.238 e. The van der Waals surface area contributed by atoms with Crippen LogP contribution < -0.4 is 5.14 Å². The van der Waals surface area contributed by atoms with Crippen molar-refractivity contribution in [2.45, 2.75) is 18.7 Å². The van der Waals surface area contributed by atoms with Crippen molar-refractivity contribution in [3.8, 4) is 22.4 Å². The molecule has 0 spiro atoms. The normalized spacial score (nSPS) is 11.6. The number of aryl methyl sites for hydroxylation is 2. The van der Waals surface area contributed by atoms with Gasteiger partial charge in [0.1, 0.15) is 0 Å². The molecule has 0 aliphatic heterocycles. The molecule has 0 atom stereocenters. The zero-order chi connectivity index (χ0) is 16.6. The van der Waals surface area contributed by atoms with Crippen LogP contribution in [0.1, 0.15) is 11.1 Å². The number of benzene rings is 2. The second-order valence-electron chi connectivity index (χ2n) is 5.66. The quantitative estimate of drug-likeness (QED) is 0.771. The molecule has 0 amide bonds. The fourth-order valence-electron chi connectivity index (χ4n) is 2.65. The second-order valence-corrected chi connectivity index (χ2v) is 7.22. The molecule has 118 valence electrons. The zero-order valence-electron chi connectivity index (χ0n) is 13.0. The van der Waals surface area contributed by atoms with Crippen LogP contribution in [0, 0.1) is 13.8 Å². The highest BCUT2D eigenvalue weighted by atomic mass is 32.2. The highest BCUT2D eigenvalue weighted by Gasteiger charge is 2.14. The minimum atomic E-state index is -3.67. The Bertz CT molecular complexity index is 938. The molecular formula is C18H18N2O2S. The lowest BCUT2D eigenvalue weighted by Gasteiger charge is -2.08. The molecule has 5 heteroatoms. The van der Waals surface area contributed by atoms with Gasteiger partial charge in [-0.25, -0.2) is 13.6 Å². The summed E-state index contributed by atoms with van der Waals surface area (Å²) in [6, 6.07) is 14.9. The van der Waals surface area contributed by atoms with Crippen LogP contribution in [0.2, 0.25) is 0 Å². The van der Waals surface area contributed by atoms with Gasteiger partial charge in [0.15, 0.2) is 0 Å². The first kappa shape index (κ1) is 15.5. The van der Waals surface area contributed by atoms with Crippen molar-refractivity contribution < 1.29 is 8.42 Å². The summed E-state index contributed by atoms with van der Waals surface area (Å²) >= 11 is 0. The third-order valence-corrected chi connectivity index (χ3v) is 4.82. The number of hydrogen-bond donors (Lipinski definition) is 2. The first-order valence-corrected chi connectivity index (χ1v) is 8.79. The van der Waals surface area contributed by atoms with Crippen LogP contribution in [-0.2, 0) is 10.0 Å². The summed E-state index contributed by atoms with van der Waals surface area (Å²) in [6.45, 7) is 4.08. The number of nitrogens with one attached hydrogen (secondary N) is 1. The number of primary sulfonamides is 1. The van der Waals surface area contributed by atoms with Gasteiger partial charge in [0.05, 0.1) is 10.6 Å². The Morgan fingerprint density at radius 2 is 1.43 bits per heavy atom. The average molecular weight is 326 g/mol. The van der Waals surface area contributed by atoms with E-state index < -0.39 is 10.0 Å². The van der Waals surface area contributed by atoms with E-state index in [-0.39, 0.29) is 4.90 Å². The minimum Gasteiger partial charge on any atom is -0.360 e. The van der Waals surface area contributed by atoms with E-state index in [1.807, 2.05) is 13.1 Å². The van der Waals surface area contributed by atoms with E-state index in [2.05, 4.69) is 36.2 Å². The highest BCUT2D eigenvalue weighted by molar-refractivity contribution is 7.89. The number of sulfonamides is 1. The second kappa shape index (κ2) is 5.68. The highest BCUT2D eigenvalue weighted by Crippen LogP contribution is 2.34. The van der Waals surface area contributed by atoms with Gasteiger partial charge in [-0.05, 0) is 42.7 Å². The Labute approximate surface area is 136 Å². The molecule has 0 aliphatic rings. The minimum absolute atomic E-state index is 0.117.